The summed E-state index contributed by atoms with van der Waals surface area (Å²) in [6, 6.07) is 13.8. The predicted molar refractivity (Wildman–Crippen MR) is 148 cm³/mol. The highest BCUT2D eigenvalue weighted by Gasteiger charge is 2.36. The van der Waals surface area contributed by atoms with E-state index in [0.717, 1.165) is 32.4 Å². The average molecular weight is 583 g/mol. The first-order chi connectivity index (χ1) is 19.4. The standard InChI is InChI=1S/C27H24ClFN6O4S/c28-21-3-1-2-4-26(21)40(36,37)34-17-5-6-25(22(29)11-17)39-24-8-9-30-12-20(24)23-7-10-31-27(33-23)32-18-13-35(14-18)19-15-38-16-19/h1-12,18-19,34H,13-16H2,(H,31,32,33). The Morgan fingerprint density at radius 2 is 1.88 bits per heavy atom. The highest BCUT2D eigenvalue weighted by atomic mass is 35.5. The molecule has 0 amide bonds. The predicted octanol–water partition coefficient (Wildman–Crippen LogP) is 4.42. The Morgan fingerprint density at radius 1 is 1.05 bits per heavy atom. The van der Waals surface area contributed by atoms with E-state index in [0.29, 0.717) is 29.0 Å². The second kappa shape index (κ2) is 11.0. The van der Waals surface area contributed by atoms with Gasteiger partial charge in [-0.2, -0.15) is 0 Å². The van der Waals surface area contributed by atoms with Crippen molar-refractivity contribution >= 4 is 33.3 Å². The largest absolute Gasteiger partial charge is 0.453 e. The van der Waals surface area contributed by atoms with Crippen LogP contribution in [0.4, 0.5) is 16.0 Å². The summed E-state index contributed by atoms with van der Waals surface area (Å²) in [6.07, 6.45) is 4.74. The zero-order valence-corrected chi connectivity index (χ0v) is 22.6. The molecule has 0 spiro atoms. The SMILES string of the molecule is O=S(=O)(Nc1ccc(Oc2ccncc2-c2ccnc(NC3CN(C4COC4)C3)n2)c(F)c1)c1ccccc1Cl. The molecule has 13 heteroatoms. The molecule has 2 fully saturated rings. The van der Waals surface area contributed by atoms with Crippen molar-refractivity contribution in [3.8, 4) is 22.8 Å². The van der Waals surface area contributed by atoms with Crippen LogP contribution in [0, 0.1) is 5.82 Å². The molecule has 2 N–H and O–H groups in total. The summed E-state index contributed by atoms with van der Waals surface area (Å²) >= 11 is 6.02. The Kier molecular flexibility index (Phi) is 7.24. The van der Waals surface area contributed by atoms with E-state index in [9.17, 15) is 8.42 Å². The van der Waals surface area contributed by atoms with E-state index >= 15 is 4.39 Å². The summed E-state index contributed by atoms with van der Waals surface area (Å²) in [6.45, 7) is 3.35. The molecule has 0 radical (unpaired) electrons. The van der Waals surface area contributed by atoms with Crippen molar-refractivity contribution in [2.24, 2.45) is 0 Å². The molecule has 10 nitrogen and oxygen atoms in total. The Balaban J connectivity index is 1.16. The topological polar surface area (TPSA) is 119 Å². The molecule has 4 aromatic rings. The number of sulfonamides is 1. The van der Waals surface area contributed by atoms with Crippen LogP contribution in [0.15, 0.2) is 78.1 Å². The molecule has 2 aliphatic rings. The van der Waals surface area contributed by atoms with Gasteiger partial charge in [0.25, 0.3) is 10.0 Å². The maximum Gasteiger partial charge on any atom is 0.263 e. The van der Waals surface area contributed by atoms with Crippen LogP contribution in [0.25, 0.3) is 11.3 Å². The van der Waals surface area contributed by atoms with Gasteiger partial charge in [0.1, 0.15) is 10.6 Å². The minimum atomic E-state index is -4.02. The lowest BCUT2D eigenvalue weighted by Gasteiger charge is -2.47. The minimum absolute atomic E-state index is 0.0191. The van der Waals surface area contributed by atoms with Gasteiger partial charge in [-0.25, -0.2) is 22.8 Å². The number of likely N-dealkylation sites (tertiary alicyclic amines) is 1. The fourth-order valence-electron chi connectivity index (χ4n) is 4.40. The van der Waals surface area contributed by atoms with Crippen molar-refractivity contribution in [2.75, 3.05) is 36.3 Å². The Morgan fingerprint density at radius 3 is 2.62 bits per heavy atom. The normalized spacial score (nSPS) is 16.1. The number of anilines is 2. The average Bonchev–Trinajstić information content (AvgIpc) is 2.88. The number of hydrogen-bond donors (Lipinski definition) is 2. The summed E-state index contributed by atoms with van der Waals surface area (Å²) in [5.74, 6) is -0.0699. The number of hydrogen-bond acceptors (Lipinski definition) is 9. The summed E-state index contributed by atoms with van der Waals surface area (Å²) < 4.78 is 53.9. The summed E-state index contributed by atoms with van der Waals surface area (Å²) in [4.78, 5) is 15.4. The molecule has 40 heavy (non-hydrogen) atoms. The molecule has 2 saturated heterocycles. The van der Waals surface area contributed by atoms with Gasteiger partial charge in [-0.1, -0.05) is 23.7 Å². The van der Waals surface area contributed by atoms with Gasteiger partial charge in [0, 0.05) is 37.7 Å². The van der Waals surface area contributed by atoms with E-state index in [1.807, 2.05) is 0 Å². The van der Waals surface area contributed by atoms with Crippen molar-refractivity contribution in [2.45, 2.75) is 17.0 Å². The van der Waals surface area contributed by atoms with E-state index in [2.05, 4.69) is 29.9 Å². The molecular weight excluding hydrogens is 559 g/mol. The number of aromatic nitrogens is 3. The molecule has 4 heterocycles. The van der Waals surface area contributed by atoms with E-state index < -0.39 is 15.8 Å². The molecule has 2 aliphatic heterocycles. The minimum Gasteiger partial charge on any atom is -0.453 e. The first-order valence-corrected chi connectivity index (χ1v) is 14.3. The maximum atomic E-state index is 15.0. The lowest BCUT2D eigenvalue weighted by atomic mass is 10.0. The Hall–Kier alpha value is -3.84. The molecular formula is C27H24ClFN6O4S. The number of halogens is 2. The number of nitrogens with one attached hydrogen (secondary N) is 2. The van der Waals surface area contributed by atoms with Crippen LogP contribution in [-0.4, -0.2) is 66.7 Å². The number of benzene rings is 2. The lowest BCUT2D eigenvalue weighted by Crippen LogP contribution is -2.63. The van der Waals surface area contributed by atoms with E-state index in [-0.39, 0.29) is 27.4 Å². The molecule has 0 unspecified atom stereocenters. The van der Waals surface area contributed by atoms with Crippen molar-refractivity contribution in [3.63, 3.8) is 0 Å². The quantitative estimate of drug-likeness (QED) is 0.296. The third-order valence-corrected chi connectivity index (χ3v) is 8.50. The second-order valence-electron chi connectivity index (χ2n) is 9.41. The molecule has 206 valence electrons. The monoisotopic (exact) mass is 582 g/mol. The van der Waals surface area contributed by atoms with Gasteiger partial charge >= 0.3 is 0 Å². The summed E-state index contributed by atoms with van der Waals surface area (Å²) in [7, 11) is -4.02. The van der Waals surface area contributed by atoms with Crippen LogP contribution in [0.5, 0.6) is 11.5 Å². The van der Waals surface area contributed by atoms with Gasteiger partial charge in [-0.05, 0) is 36.4 Å². The van der Waals surface area contributed by atoms with Gasteiger partial charge in [0.2, 0.25) is 5.95 Å². The van der Waals surface area contributed by atoms with Crippen LogP contribution >= 0.6 is 11.6 Å². The van der Waals surface area contributed by atoms with Crippen molar-refractivity contribution in [1.29, 1.82) is 0 Å². The molecule has 2 aromatic carbocycles. The first kappa shape index (κ1) is 26.4. The third kappa shape index (κ3) is 5.56. The van der Waals surface area contributed by atoms with Gasteiger partial charge in [-0.15, -0.1) is 0 Å². The summed E-state index contributed by atoms with van der Waals surface area (Å²) in [5, 5.41) is 3.41. The van der Waals surface area contributed by atoms with Crippen LogP contribution in [0.2, 0.25) is 5.02 Å². The van der Waals surface area contributed by atoms with E-state index in [1.54, 1.807) is 36.7 Å². The summed E-state index contributed by atoms with van der Waals surface area (Å²) in [5.41, 5.74) is 1.11. The van der Waals surface area contributed by atoms with Gasteiger partial charge in [0.15, 0.2) is 11.6 Å². The van der Waals surface area contributed by atoms with Crippen molar-refractivity contribution in [3.05, 3.63) is 84.0 Å². The van der Waals surface area contributed by atoms with E-state index in [1.165, 1.54) is 30.5 Å². The molecule has 0 bridgehead atoms. The van der Waals surface area contributed by atoms with E-state index in [4.69, 9.17) is 21.1 Å². The zero-order valence-electron chi connectivity index (χ0n) is 21.0. The highest BCUT2D eigenvalue weighted by Crippen LogP contribution is 2.34. The number of nitrogens with zero attached hydrogens (tertiary/aromatic N) is 4. The number of pyridine rings is 1. The maximum absolute atomic E-state index is 15.0. The van der Waals surface area contributed by atoms with Crippen LogP contribution in [-0.2, 0) is 14.8 Å². The third-order valence-electron chi connectivity index (χ3n) is 6.62. The van der Waals surface area contributed by atoms with Crippen LogP contribution in [0.3, 0.4) is 0 Å². The van der Waals surface area contributed by atoms with Crippen LogP contribution < -0.4 is 14.8 Å². The van der Waals surface area contributed by atoms with Gasteiger partial charge in [0.05, 0.1) is 47.3 Å². The first-order valence-electron chi connectivity index (χ1n) is 12.5. The fraction of sp³-hybridized carbons (Fsp3) is 0.222. The zero-order chi connectivity index (χ0) is 27.7. The smallest absolute Gasteiger partial charge is 0.263 e. The number of rotatable bonds is 9. The molecule has 0 aliphatic carbocycles. The molecule has 6 rings (SSSR count). The van der Waals surface area contributed by atoms with Crippen molar-refractivity contribution in [1.82, 2.24) is 19.9 Å². The fourth-order valence-corrected chi connectivity index (χ4v) is 5.97. The van der Waals surface area contributed by atoms with Gasteiger partial charge in [-0.3, -0.25) is 14.6 Å². The second-order valence-corrected chi connectivity index (χ2v) is 11.5. The lowest BCUT2D eigenvalue weighted by molar-refractivity contribution is -0.0875. The van der Waals surface area contributed by atoms with Gasteiger partial charge < -0.3 is 14.8 Å². The Bertz CT molecular complexity index is 1650. The van der Waals surface area contributed by atoms with Crippen LogP contribution in [0.1, 0.15) is 0 Å². The van der Waals surface area contributed by atoms with Crippen molar-refractivity contribution < 1.29 is 22.3 Å². The number of ether oxygens (including phenoxy) is 2. The Labute approximate surface area is 235 Å². The molecule has 0 saturated carbocycles. The highest BCUT2D eigenvalue weighted by molar-refractivity contribution is 7.92. The molecule has 0 atom stereocenters. The molecule has 2 aromatic heterocycles.